The molecule has 0 spiro atoms. The number of halogens is 1. The number of carbonyl (C=O) groups is 1. The van der Waals surface area contributed by atoms with Crippen molar-refractivity contribution in [3.05, 3.63) is 28.3 Å². The van der Waals surface area contributed by atoms with Gasteiger partial charge in [0, 0.05) is 11.8 Å². The summed E-state index contributed by atoms with van der Waals surface area (Å²) in [6.07, 6.45) is 1.74. The molecule has 1 aliphatic rings. The van der Waals surface area contributed by atoms with Crippen LogP contribution in [0.5, 0.6) is 5.75 Å². The summed E-state index contributed by atoms with van der Waals surface area (Å²) in [6, 6.07) is 4.13. The topological polar surface area (TPSA) is 93.5 Å². The van der Waals surface area contributed by atoms with E-state index in [2.05, 4.69) is 10.6 Å². The van der Waals surface area contributed by atoms with Crippen molar-refractivity contribution in [1.29, 1.82) is 0 Å². The molecule has 2 N–H and O–H groups in total. The molecule has 7 nitrogen and oxygen atoms in total. The minimum Gasteiger partial charge on any atom is -0.490 e. The fraction of sp³-hybridized carbons (Fsp3) is 0.417. The van der Waals surface area contributed by atoms with Crippen LogP contribution < -0.4 is 15.4 Å². The number of ether oxygens (including phenoxy) is 1. The van der Waals surface area contributed by atoms with E-state index in [0.717, 1.165) is 19.4 Å². The number of nitro benzene ring substituents is 1. The lowest BCUT2D eigenvalue weighted by Crippen LogP contribution is -2.35. The Bertz CT molecular complexity index is 503. The van der Waals surface area contributed by atoms with Crippen molar-refractivity contribution in [2.75, 3.05) is 19.0 Å². The maximum atomic E-state index is 11.9. The number of hydrogen-bond donors (Lipinski definition) is 2. The van der Waals surface area contributed by atoms with E-state index >= 15 is 0 Å². The average Bonchev–Trinajstić information content (AvgIpc) is 2.92. The number of rotatable bonds is 4. The lowest BCUT2D eigenvalue weighted by molar-refractivity contribution is -0.385. The van der Waals surface area contributed by atoms with E-state index < -0.39 is 4.92 Å². The first-order valence-electron chi connectivity index (χ1n) is 5.98. The van der Waals surface area contributed by atoms with E-state index in [0.29, 0.717) is 5.69 Å². The minimum absolute atomic E-state index is 0. The molecule has 1 fully saturated rings. The Balaban J connectivity index is 0.00000200. The minimum atomic E-state index is -0.539. The zero-order valence-corrected chi connectivity index (χ0v) is 11.7. The highest BCUT2D eigenvalue weighted by Crippen LogP contribution is 2.29. The summed E-state index contributed by atoms with van der Waals surface area (Å²) in [4.78, 5) is 22.2. The number of carbonyl (C=O) groups excluding carboxylic acids is 1. The summed E-state index contributed by atoms with van der Waals surface area (Å²) in [7, 11) is 1.36. The van der Waals surface area contributed by atoms with Crippen LogP contribution in [-0.4, -0.2) is 30.5 Å². The predicted octanol–water partition coefficient (Wildman–Crippen LogP) is 1.72. The molecular weight excluding hydrogens is 286 g/mol. The first kappa shape index (κ1) is 16.2. The lowest BCUT2D eigenvalue weighted by atomic mass is 10.2. The SMILES string of the molecule is COc1ccc(NC(=O)[C@@H]2CCCN2)cc1[N+](=O)[O-].Cl. The fourth-order valence-electron chi connectivity index (χ4n) is 2.05. The van der Waals surface area contributed by atoms with Gasteiger partial charge in [-0.25, -0.2) is 0 Å². The highest BCUT2D eigenvalue weighted by atomic mass is 35.5. The van der Waals surface area contributed by atoms with Crippen LogP contribution in [0.4, 0.5) is 11.4 Å². The highest BCUT2D eigenvalue weighted by molar-refractivity contribution is 5.95. The third kappa shape index (κ3) is 3.58. The molecule has 0 bridgehead atoms. The molecule has 8 heteroatoms. The Hall–Kier alpha value is -1.86. The van der Waals surface area contributed by atoms with Crippen molar-refractivity contribution < 1.29 is 14.5 Å². The molecule has 2 rings (SSSR count). The second-order valence-corrected chi connectivity index (χ2v) is 4.28. The highest BCUT2D eigenvalue weighted by Gasteiger charge is 2.23. The van der Waals surface area contributed by atoms with E-state index in [1.54, 1.807) is 6.07 Å². The van der Waals surface area contributed by atoms with Gasteiger partial charge in [0.15, 0.2) is 5.75 Å². The lowest BCUT2D eigenvalue weighted by Gasteiger charge is -2.11. The Morgan fingerprint density at radius 2 is 2.30 bits per heavy atom. The molecule has 1 saturated heterocycles. The smallest absolute Gasteiger partial charge is 0.312 e. The second-order valence-electron chi connectivity index (χ2n) is 4.28. The first-order chi connectivity index (χ1) is 9.11. The van der Waals surface area contributed by atoms with E-state index in [4.69, 9.17) is 4.74 Å². The van der Waals surface area contributed by atoms with Crippen molar-refractivity contribution >= 4 is 29.7 Å². The summed E-state index contributed by atoms with van der Waals surface area (Å²) in [5.74, 6) is -0.000967. The van der Waals surface area contributed by atoms with Crippen LogP contribution >= 0.6 is 12.4 Å². The van der Waals surface area contributed by atoms with Crippen molar-refractivity contribution in [2.24, 2.45) is 0 Å². The summed E-state index contributed by atoms with van der Waals surface area (Å²) >= 11 is 0. The largest absolute Gasteiger partial charge is 0.490 e. The van der Waals surface area contributed by atoms with Gasteiger partial charge in [-0.2, -0.15) is 0 Å². The Morgan fingerprint density at radius 1 is 1.55 bits per heavy atom. The van der Waals surface area contributed by atoms with Crippen LogP contribution in [0.3, 0.4) is 0 Å². The molecule has 20 heavy (non-hydrogen) atoms. The van der Waals surface area contributed by atoms with Crippen LogP contribution in [0.15, 0.2) is 18.2 Å². The van der Waals surface area contributed by atoms with Crippen LogP contribution in [0.2, 0.25) is 0 Å². The van der Waals surface area contributed by atoms with Gasteiger partial charge in [0.25, 0.3) is 0 Å². The Kier molecular flexibility index (Phi) is 5.72. The molecule has 1 amide bonds. The van der Waals surface area contributed by atoms with Crippen LogP contribution in [0, 0.1) is 10.1 Å². The zero-order valence-electron chi connectivity index (χ0n) is 10.9. The number of nitrogens with one attached hydrogen (secondary N) is 2. The Labute approximate surface area is 122 Å². The van der Waals surface area contributed by atoms with Crippen LogP contribution in [-0.2, 0) is 4.79 Å². The van der Waals surface area contributed by atoms with Gasteiger partial charge in [0.05, 0.1) is 18.1 Å². The molecule has 1 aliphatic heterocycles. The van der Waals surface area contributed by atoms with Crippen molar-refractivity contribution in [1.82, 2.24) is 5.32 Å². The molecule has 1 aromatic rings. The summed E-state index contributed by atoms with van der Waals surface area (Å²) in [6.45, 7) is 0.820. The fourth-order valence-corrected chi connectivity index (χ4v) is 2.05. The average molecular weight is 302 g/mol. The van der Waals surface area contributed by atoms with Crippen molar-refractivity contribution in [3.8, 4) is 5.75 Å². The van der Waals surface area contributed by atoms with Crippen LogP contribution in [0.1, 0.15) is 12.8 Å². The number of hydrogen-bond acceptors (Lipinski definition) is 5. The summed E-state index contributed by atoms with van der Waals surface area (Å²) < 4.78 is 4.90. The maximum absolute atomic E-state index is 11.9. The molecule has 1 atom stereocenters. The third-order valence-electron chi connectivity index (χ3n) is 3.02. The quantitative estimate of drug-likeness (QED) is 0.652. The monoisotopic (exact) mass is 301 g/mol. The van der Waals surface area contributed by atoms with Crippen molar-refractivity contribution in [3.63, 3.8) is 0 Å². The maximum Gasteiger partial charge on any atom is 0.312 e. The molecule has 0 aromatic heterocycles. The van der Waals surface area contributed by atoms with Gasteiger partial charge in [0.1, 0.15) is 0 Å². The summed E-state index contributed by atoms with van der Waals surface area (Å²) in [5.41, 5.74) is 0.228. The molecule has 0 saturated carbocycles. The number of amides is 1. The molecule has 1 heterocycles. The van der Waals surface area contributed by atoms with Gasteiger partial charge in [-0.15, -0.1) is 12.4 Å². The number of benzene rings is 1. The Morgan fingerprint density at radius 3 is 2.85 bits per heavy atom. The first-order valence-corrected chi connectivity index (χ1v) is 5.98. The molecule has 110 valence electrons. The zero-order chi connectivity index (χ0) is 13.8. The number of nitro groups is 1. The van der Waals surface area contributed by atoms with Gasteiger partial charge >= 0.3 is 5.69 Å². The van der Waals surface area contributed by atoms with Gasteiger partial charge < -0.3 is 15.4 Å². The molecular formula is C12H16ClN3O4. The predicted molar refractivity (Wildman–Crippen MR) is 76.6 cm³/mol. The molecule has 1 aromatic carbocycles. The molecule has 0 aliphatic carbocycles. The normalized spacial score (nSPS) is 17.1. The van der Waals surface area contributed by atoms with E-state index in [-0.39, 0.29) is 35.8 Å². The third-order valence-corrected chi connectivity index (χ3v) is 3.02. The standard InChI is InChI=1S/C12H15N3O4.ClH/c1-19-11-5-4-8(7-10(11)15(17)18)14-12(16)9-3-2-6-13-9;/h4-5,7,9,13H,2-3,6H2,1H3,(H,14,16);1H/t9-;/m0./s1. The van der Waals surface area contributed by atoms with Gasteiger partial charge in [0.2, 0.25) is 5.91 Å². The number of nitrogens with zero attached hydrogens (tertiary/aromatic N) is 1. The van der Waals surface area contributed by atoms with E-state index in [1.807, 2.05) is 0 Å². The van der Waals surface area contributed by atoms with Crippen LogP contribution in [0.25, 0.3) is 0 Å². The van der Waals surface area contributed by atoms with E-state index in [1.165, 1.54) is 19.2 Å². The van der Waals surface area contributed by atoms with E-state index in [9.17, 15) is 14.9 Å². The van der Waals surface area contributed by atoms with Crippen molar-refractivity contribution in [2.45, 2.75) is 18.9 Å². The van der Waals surface area contributed by atoms with Gasteiger partial charge in [-0.1, -0.05) is 0 Å². The summed E-state index contributed by atoms with van der Waals surface area (Å²) in [5, 5.41) is 16.6. The van der Waals surface area contributed by atoms with Gasteiger partial charge in [-0.3, -0.25) is 14.9 Å². The van der Waals surface area contributed by atoms with Gasteiger partial charge in [-0.05, 0) is 31.5 Å². The number of anilines is 1. The number of methoxy groups -OCH3 is 1. The second kappa shape index (κ2) is 7.06. The molecule has 0 unspecified atom stereocenters. The molecule has 0 radical (unpaired) electrons.